The highest BCUT2D eigenvalue weighted by Crippen LogP contribution is 2.48. The minimum atomic E-state index is -0.684. The Morgan fingerprint density at radius 3 is 2.12 bits per heavy atom. The molecule has 140 valence electrons. The molecule has 0 aromatic heterocycles. The van der Waals surface area contributed by atoms with Crippen LogP contribution < -0.4 is 23.7 Å². The molecule has 0 saturated heterocycles. The number of methoxy groups -OCH3 is 3. The van der Waals surface area contributed by atoms with Crippen molar-refractivity contribution in [2.75, 3.05) is 27.9 Å². The zero-order chi connectivity index (χ0) is 18.8. The summed E-state index contributed by atoms with van der Waals surface area (Å²) in [6, 6.07) is 6.75. The number of rotatable bonds is 5. The molecule has 3 rings (SSSR count). The van der Waals surface area contributed by atoms with Crippen LogP contribution in [0.5, 0.6) is 34.5 Å². The van der Waals surface area contributed by atoms with Gasteiger partial charge in [-0.15, -0.1) is 0 Å². The molecule has 1 aliphatic rings. The standard InChI is InChI=1S/C18H19BrO7/c1-22-11-4-9(5-12(23-2)16(11)21)17-15(8-20)26-18-13(24-3)6-10(19)7-14(18)25-17/h4-7,15,17,20-21H,8H2,1-3H3/t15-,17-/m0/s1. The summed E-state index contributed by atoms with van der Waals surface area (Å²) in [7, 11) is 4.41. The van der Waals surface area contributed by atoms with Crippen LogP contribution in [0.1, 0.15) is 11.7 Å². The number of halogens is 1. The van der Waals surface area contributed by atoms with Crippen LogP contribution in [0.15, 0.2) is 28.7 Å². The van der Waals surface area contributed by atoms with Crippen molar-refractivity contribution in [2.24, 2.45) is 0 Å². The molecule has 0 aliphatic carbocycles. The average Bonchev–Trinajstić information content (AvgIpc) is 2.66. The third-order valence-corrected chi connectivity index (χ3v) is 4.53. The molecule has 1 aliphatic heterocycles. The fraction of sp³-hybridized carbons (Fsp3) is 0.333. The fourth-order valence-corrected chi connectivity index (χ4v) is 3.24. The third kappa shape index (κ3) is 3.22. The number of aromatic hydroxyl groups is 1. The molecular weight excluding hydrogens is 408 g/mol. The van der Waals surface area contributed by atoms with Crippen LogP contribution >= 0.6 is 15.9 Å². The van der Waals surface area contributed by atoms with Crippen molar-refractivity contribution < 1.29 is 33.9 Å². The highest BCUT2D eigenvalue weighted by molar-refractivity contribution is 9.10. The number of ether oxygens (including phenoxy) is 5. The minimum absolute atomic E-state index is 0.110. The Hall–Kier alpha value is -2.32. The molecule has 2 atom stereocenters. The van der Waals surface area contributed by atoms with Gasteiger partial charge in [0.15, 0.2) is 35.2 Å². The Bertz CT molecular complexity index is 783. The van der Waals surface area contributed by atoms with Crippen LogP contribution in [0, 0.1) is 0 Å². The van der Waals surface area contributed by atoms with E-state index in [4.69, 9.17) is 23.7 Å². The van der Waals surface area contributed by atoms with Crippen molar-refractivity contribution in [1.29, 1.82) is 0 Å². The maximum atomic E-state index is 10.1. The number of hydrogen-bond acceptors (Lipinski definition) is 7. The molecule has 0 bridgehead atoms. The lowest BCUT2D eigenvalue weighted by molar-refractivity contribution is -0.0143. The van der Waals surface area contributed by atoms with Crippen LogP contribution in [0.4, 0.5) is 0 Å². The first-order valence-electron chi connectivity index (χ1n) is 7.79. The molecule has 2 aromatic carbocycles. The molecule has 26 heavy (non-hydrogen) atoms. The molecule has 0 unspecified atom stereocenters. The number of hydrogen-bond donors (Lipinski definition) is 2. The van der Waals surface area contributed by atoms with Gasteiger partial charge in [0.1, 0.15) is 0 Å². The van der Waals surface area contributed by atoms with Gasteiger partial charge in [-0.3, -0.25) is 0 Å². The maximum Gasteiger partial charge on any atom is 0.204 e. The van der Waals surface area contributed by atoms with Crippen molar-refractivity contribution in [3.63, 3.8) is 0 Å². The summed E-state index contributed by atoms with van der Waals surface area (Å²) >= 11 is 3.41. The normalized spacial score (nSPS) is 18.3. The Kier molecular flexibility index (Phi) is 5.33. The van der Waals surface area contributed by atoms with E-state index in [1.54, 1.807) is 24.3 Å². The number of benzene rings is 2. The Morgan fingerprint density at radius 2 is 1.58 bits per heavy atom. The second-order valence-corrected chi connectivity index (χ2v) is 6.50. The Labute approximate surface area is 159 Å². The maximum absolute atomic E-state index is 10.1. The molecule has 0 amide bonds. The van der Waals surface area contributed by atoms with E-state index >= 15 is 0 Å². The number of fused-ring (bicyclic) bond motifs is 1. The van der Waals surface area contributed by atoms with Gasteiger partial charge in [0.05, 0.1) is 27.9 Å². The fourth-order valence-electron chi connectivity index (χ4n) is 2.82. The van der Waals surface area contributed by atoms with Crippen LogP contribution in [-0.4, -0.2) is 44.3 Å². The summed E-state index contributed by atoms with van der Waals surface area (Å²) in [6.07, 6.45) is -1.33. The molecule has 7 nitrogen and oxygen atoms in total. The van der Waals surface area contributed by atoms with E-state index in [0.29, 0.717) is 22.8 Å². The van der Waals surface area contributed by atoms with E-state index in [1.165, 1.54) is 21.3 Å². The number of aliphatic hydroxyl groups is 1. The van der Waals surface area contributed by atoms with Gasteiger partial charge in [-0.2, -0.15) is 0 Å². The van der Waals surface area contributed by atoms with E-state index in [9.17, 15) is 10.2 Å². The molecule has 1 heterocycles. The first kappa shape index (κ1) is 18.5. The lowest BCUT2D eigenvalue weighted by Gasteiger charge is -2.34. The zero-order valence-corrected chi connectivity index (χ0v) is 16.1. The lowest BCUT2D eigenvalue weighted by atomic mass is 10.0. The summed E-state index contributed by atoms with van der Waals surface area (Å²) < 4.78 is 28.5. The largest absolute Gasteiger partial charge is 0.502 e. The highest BCUT2D eigenvalue weighted by Gasteiger charge is 2.35. The highest BCUT2D eigenvalue weighted by atomic mass is 79.9. The van der Waals surface area contributed by atoms with E-state index in [1.807, 2.05) is 0 Å². The topological polar surface area (TPSA) is 86.6 Å². The third-order valence-electron chi connectivity index (χ3n) is 4.08. The van der Waals surface area contributed by atoms with E-state index < -0.39 is 12.2 Å². The van der Waals surface area contributed by atoms with Crippen LogP contribution in [-0.2, 0) is 0 Å². The minimum Gasteiger partial charge on any atom is -0.502 e. The van der Waals surface area contributed by atoms with Crippen LogP contribution in [0.3, 0.4) is 0 Å². The monoisotopic (exact) mass is 426 g/mol. The van der Waals surface area contributed by atoms with Crippen LogP contribution in [0.2, 0.25) is 0 Å². The van der Waals surface area contributed by atoms with Crippen molar-refractivity contribution in [3.8, 4) is 34.5 Å². The quantitative estimate of drug-likeness (QED) is 0.759. The van der Waals surface area contributed by atoms with Crippen LogP contribution in [0.25, 0.3) is 0 Å². The summed E-state index contributed by atoms with van der Waals surface area (Å²) in [5.41, 5.74) is 0.625. The van der Waals surface area contributed by atoms with Gasteiger partial charge in [0, 0.05) is 10.0 Å². The molecular formula is C18H19BrO7. The van der Waals surface area contributed by atoms with E-state index in [-0.39, 0.29) is 23.9 Å². The predicted molar refractivity (Wildman–Crippen MR) is 96.8 cm³/mol. The predicted octanol–water partition coefficient (Wildman–Crippen LogP) is 3.05. The summed E-state index contributed by atoms with van der Waals surface area (Å²) in [5.74, 6) is 1.74. The molecule has 8 heteroatoms. The Morgan fingerprint density at radius 1 is 0.962 bits per heavy atom. The van der Waals surface area contributed by atoms with E-state index in [2.05, 4.69) is 15.9 Å². The van der Waals surface area contributed by atoms with E-state index in [0.717, 1.165) is 4.47 Å². The summed E-state index contributed by atoms with van der Waals surface area (Å²) in [5, 5.41) is 19.9. The molecule has 2 aromatic rings. The lowest BCUT2D eigenvalue weighted by Crippen LogP contribution is -2.36. The summed E-state index contributed by atoms with van der Waals surface area (Å²) in [6.45, 7) is -0.283. The first-order valence-corrected chi connectivity index (χ1v) is 8.58. The summed E-state index contributed by atoms with van der Waals surface area (Å²) in [4.78, 5) is 0. The van der Waals surface area contributed by atoms with Gasteiger partial charge < -0.3 is 33.9 Å². The average molecular weight is 427 g/mol. The van der Waals surface area contributed by atoms with Gasteiger partial charge in [0.2, 0.25) is 11.5 Å². The van der Waals surface area contributed by atoms with Gasteiger partial charge in [-0.1, -0.05) is 15.9 Å². The Balaban J connectivity index is 2.07. The van der Waals surface area contributed by atoms with Gasteiger partial charge in [0.25, 0.3) is 0 Å². The number of aliphatic hydroxyl groups excluding tert-OH is 1. The molecule has 2 N–H and O–H groups in total. The molecule has 0 radical (unpaired) electrons. The van der Waals surface area contributed by atoms with Gasteiger partial charge in [-0.25, -0.2) is 0 Å². The number of phenols is 1. The second kappa shape index (κ2) is 7.51. The van der Waals surface area contributed by atoms with Crippen molar-refractivity contribution in [2.45, 2.75) is 12.2 Å². The van der Waals surface area contributed by atoms with Crippen molar-refractivity contribution >= 4 is 15.9 Å². The SMILES string of the molecule is COc1cc([C@@H]2Oc3cc(Br)cc(OC)c3O[C@H]2CO)cc(OC)c1O. The smallest absolute Gasteiger partial charge is 0.204 e. The first-order chi connectivity index (χ1) is 12.5. The number of phenolic OH excluding ortho intramolecular Hbond substituents is 1. The van der Waals surface area contributed by atoms with Gasteiger partial charge in [-0.05, 0) is 24.3 Å². The van der Waals surface area contributed by atoms with Crippen molar-refractivity contribution in [3.05, 3.63) is 34.3 Å². The van der Waals surface area contributed by atoms with Gasteiger partial charge >= 0.3 is 0 Å². The zero-order valence-electron chi connectivity index (χ0n) is 14.5. The van der Waals surface area contributed by atoms with Crippen molar-refractivity contribution in [1.82, 2.24) is 0 Å². The second-order valence-electron chi connectivity index (χ2n) is 5.59. The molecule has 0 fully saturated rings. The molecule has 0 spiro atoms. The molecule has 0 saturated carbocycles.